The molecule has 39 heavy (non-hydrogen) atoms. The third kappa shape index (κ3) is 5.00. The molecule has 1 amide bonds. The number of carbonyl (C=O) groups is 1. The minimum absolute atomic E-state index is 0.173. The SMILES string of the molecule is CCc1ccc(-n2c(C)cc([C@@H]3[C@@H](c4ccccn4)NC(=S)N3c3ccc(OC)c(NC(C)=O)c3)c2C)cc1. The van der Waals surface area contributed by atoms with Gasteiger partial charge in [0.1, 0.15) is 5.75 Å². The van der Waals surface area contributed by atoms with Crippen LogP contribution >= 0.6 is 12.2 Å². The van der Waals surface area contributed by atoms with Gasteiger partial charge in [0.2, 0.25) is 5.91 Å². The van der Waals surface area contributed by atoms with Crippen LogP contribution in [0.25, 0.3) is 5.69 Å². The van der Waals surface area contributed by atoms with Crippen LogP contribution < -0.4 is 20.3 Å². The van der Waals surface area contributed by atoms with E-state index < -0.39 is 0 Å². The lowest BCUT2D eigenvalue weighted by Gasteiger charge is -2.29. The number of carbonyl (C=O) groups excluding carboxylic acids is 1. The zero-order valence-electron chi connectivity index (χ0n) is 22.9. The number of aryl methyl sites for hydroxylation is 2. The Kier molecular flexibility index (Phi) is 7.39. The van der Waals surface area contributed by atoms with E-state index >= 15 is 0 Å². The molecule has 7 nitrogen and oxygen atoms in total. The van der Waals surface area contributed by atoms with Gasteiger partial charge < -0.3 is 24.8 Å². The Labute approximate surface area is 234 Å². The topological polar surface area (TPSA) is 71.4 Å². The predicted molar refractivity (Wildman–Crippen MR) is 160 cm³/mol. The molecule has 0 spiro atoms. The Morgan fingerprint density at radius 2 is 1.82 bits per heavy atom. The van der Waals surface area contributed by atoms with Crippen molar-refractivity contribution in [1.82, 2.24) is 14.9 Å². The fraction of sp³-hybridized carbons (Fsp3) is 0.258. The van der Waals surface area contributed by atoms with Gasteiger partial charge in [-0.1, -0.05) is 25.1 Å². The van der Waals surface area contributed by atoms with E-state index in [0.717, 1.165) is 40.4 Å². The van der Waals surface area contributed by atoms with E-state index in [9.17, 15) is 4.79 Å². The van der Waals surface area contributed by atoms with E-state index in [1.54, 1.807) is 13.3 Å². The molecule has 1 aliphatic rings. The summed E-state index contributed by atoms with van der Waals surface area (Å²) in [7, 11) is 1.59. The van der Waals surface area contributed by atoms with Gasteiger partial charge in [-0.05, 0) is 92.1 Å². The molecule has 8 heteroatoms. The highest BCUT2D eigenvalue weighted by molar-refractivity contribution is 7.80. The minimum atomic E-state index is -0.180. The number of hydrogen-bond acceptors (Lipinski definition) is 4. The lowest BCUT2D eigenvalue weighted by Crippen LogP contribution is -2.29. The van der Waals surface area contributed by atoms with Crippen LogP contribution in [-0.2, 0) is 11.2 Å². The molecule has 0 aliphatic carbocycles. The zero-order valence-corrected chi connectivity index (χ0v) is 23.7. The first-order chi connectivity index (χ1) is 18.8. The monoisotopic (exact) mass is 539 g/mol. The van der Waals surface area contributed by atoms with E-state index in [1.807, 2.05) is 36.4 Å². The van der Waals surface area contributed by atoms with Gasteiger partial charge in [0.05, 0.1) is 30.6 Å². The fourth-order valence-corrected chi connectivity index (χ4v) is 5.79. The van der Waals surface area contributed by atoms with Crippen molar-refractivity contribution in [3.8, 4) is 11.4 Å². The van der Waals surface area contributed by atoms with Crippen molar-refractivity contribution >= 4 is 34.6 Å². The van der Waals surface area contributed by atoms with Gasteiger partial charge in [0.15, 0.2) is 5.11 Å². The molecule has 1 fully saturated rings. The van der Waals surface area contributed by atoms with Crippen LogP contribution in [0, 0.1) is 13.8 Å². The molecule has 5 rings (SSSR count). The van der Waals surface area contributed by atoms with Gasteiger partial charge in [-0.25, -0.2) is 0 Å². The number of methoxy groups -OCH3 is 1. The molecule has 2 aromatic heterocycles. The molecule has 2 aromatic carbocycles. The van der Waals surface area contributed by atoms with E-state index in [-0.39, 0.29) is 18.0 Å². The average Bonchev–Trinajstić information content (AvgIpc) is 3.43. The zero-order chi connectivity index (χ0) is 27.7. The first-order valence-electron chi connectivity index (χ1n) is 13.1. The molecule has 2 N–H and O–H groups in total. The normalized spacial score (nSPS) is 16.7. The number of ether oxygens (including phenoxy) is 1. The van der Waals surface area contributed by atoms with Crippen molar-refractivity contribution < 1.29 is 9.53 Å². The van der Waals surface area contributed by atoms with E-state index in [4.69, 9.17) is 17.0 Å². The quantitative estimate of drug-likeness (QED) is 0.273. The van der Waals surface area contributed by atoms with Gasteiger partial charge in [-0.2, -0.15) is 0 Å². The molecule has 1 saturated heterocycles. The molecule has 2 atom stereocenters. The number of pyridine rings is 1. The molecule has 3 heterocycles. The smallest absolute Gasteiger partial charge is 0.221 e. The summed E-state index contributed by atoms with van der Waals surface area (Å²) < 4.78 is 7.79. The Hall–Kier alpha value is -4.17. The fourth-order valence-electron chi connectivity index (χ4n) is 5.45. The minimum Gasteiger partial charge on any atom is -0.495 e. The second kappa shape index (κ2) is 10.9. The van der Waals surface area contributed by atoms with E-state index in [1.165, 1.54) is 12.5 Å². The summed E-state index contributed by atoms with van der Waals surface area (Å²) in [5.41, 5.74) is 8.19. The van der Waals surface area contributed by atoms with Crippen molar-refractivity contribution in [2.75, 3.05) is 17.3 Å². The highest BCUT2D eigenvalue weighted by Crippen LogP contribution is 2.45. The van der Waals surface area contributed by atoms with Crippen molar-refractivity contribution in [2.45, 2.75) is 46.2 Å². The van der Waals surface area contributed by atoms with Crippen LogP contribution in [0.4, 0.5) is 11.4 Å². The molecule has 0 bridgehead atoms. The standard InChI is InChI=1S/C31H33N5O2S/c1-6-22-10-12-23(13-11-22)35-19(2)17-25(20(35)3)30-29(26-9-7-8-16-32-26)34-31(39)36(30)24-14-15-28(38-5)27(18-24)33-21(4)37/h7-18,29-30H,6H2,1-5H3,(H,33,37)(H,34,39)/t29-,30-/m1/s1. The van der Waals surface area contributed by atoms with Gasteiger partial charge in [0, 0.05) is 35.9 Å². The van der Waals surface area contributed by atoms with Crippen molar-refractivity contribution in [3.05, 3.63) is 101 Å². The first-order valence-corrected chi connectivity index (χ1v) is 13.5. The summed E-state index contributed by atoms with van der Waals surface area (Å²) >= 11 is 5.93. The Balaban J connectivity index is 1.66. The van der Waals surface area contributed by atoms with Crippen molar-refractivity contribution in [1.29, 1.82) is 0 Å². The first kappa shape index (κ1) is 26.4. The van der Waals surface area contributed by atoms with Crippen LogP contribution in [0.3, 0.4) is 0 Å². The predicted octanol–water partition coefficient (Wildman–Crippen LogP) is 6.20. The number of aromatic nitrogens is 2. The van der Waals surface area contributed by atoms with Crippen LogP contribution in [0.5, 0.6) is 5.75 Å². The maximum Gasteiger partial charge on any atom is 0.221 e. The molecule has 0 saturated carbocycles. The second-order valence-corrected chi connectivity index (χ2v) is 10.1. The van der Waals surface area contributed by atoms with E-state index in [2.05, 4.69) is 76.2 Å². The van der Waals surface area contributed by atoms with Gasteiger partial charge >= 0.3 is 0 Å². The number of anilines is 2. The number of amides is 1. The Morgan fingerprint density at radius 1 is 1.08 bits per heavy atom. The summed E-state index contributed by atoms with van der Waals surface area (Å²) in [4.78, 5) is 18.7. The molecule has 0 unspecified atom stereocenters. The number of benzene rings is 2. The Morgan fingerprint density at radius 3 is 2.46 bits per heavy atom. The highest BCUT2D eigenvalue weighted by atomic mass is 32.1. The second-order valence-electron chi connectivity index (χ2n) is 9.74. The summed E-state index contributed by atoms with van der Waals surface area (Å²) in [6.07, 6.45) is 2.81. The summed E-state index contributed by atoms with van der Waals surface area (Å²) in [6, 6.07) is 22.3. The summed E-state index contributed by atoms with van der Waals surface area (Å²) in [5.74, 6) is 0.409. The van der Waals surface area contributed by atoms with Gasteiger partial charge in [0.25, 0.3) is 0 Å². The number of rotatable bonds is 7. The lowest BCUT2D eigenvalue weighted by atomic mass is 9.96. The van der Waals surface area contributed by atoms with E-state index in [0.29, 0.717) is 16.5 Å². The number of nitrogens with one attached hydrogen (secondary N) is 2. The number of thiocarbonyl (C=S) groups is 1. The lowest BCUT2D eigenvalue weighted by molar-refractivity contribution is -0.114. The maximum atomic E-state index is 11.9. The number of hydrogen-bond donors (Lipinski definition) is 2. The van der Waals surface area contributed by atoms with Crippen LogP contribution in [0.15, 0.2) is 72.9 Å². The van der Waals surface area contributed by atoms with Gasteiger partial charge in [-0.3, -0.25) is 9.78 Å². The van der Waals surface area contributed by atoms with Crippen molar-refractivity contribution in [2.24, 2.45) is 0 Å². The largest absolute Gasteiger partial charge is 0.495 e. The average molecular weight is 540 g/mol. The summed E-state index contributed by atoms with van der Waals surface area (Å²) in [6.45, 7) is 7.93. The van der Waals surface area contributed by atoms with Crippen molar-refractivity contribution in [3.63, 3.8) is 0 Å². The molecule has 200 valence electrons. The third-order valence-electron chi connectivity index (χ3n) is 7.26. The molecular weight excluding hydrogens is 506 g/mol. The van der Waals surface area contributed by atoms with Crippen LogP contribution in [-0.4, -0.2) is 27.7 Å². The van der Waals surface area contributed by atoms with Crippen LogP contribution in [0.2, 0.25) is 0 Å². The maximum absolute atomic E-state index is 11.9. The molecular formula is C31H33N5O2S. The van der Waals surface area contributed by atoms with Gasteiger partial charge in [-0.15, -0.1) is 0 Å². The summed E-state index contributed by atoms with van der Waals surface area (Å²) in [5, 5.41) is 7.01. The molecule has 0 radical (unpaired) electrons. The third-order valence-corrected chi connectivity index (χ3v) is 7.58. The molecule has 1 aliphatic heterocycles. The highest BCUT2D eigenvalue weighted by Gasteiger charge is 2.42. The Bertz CT molecular complexity index is 1510. The van der Waals surface area contributed by atoms with Crippen LogP contribution in [0.1, 0.15) is 54.1 Å². The number of nitrogens with zero attached hydrogens (tertiary/aromatic N) is 3. The molecule has 4 aromatic rings.